The van der Waals surface area contributed by atoms with Crippen molar-refractivity contribution >= 4 is 17.5 Å². The smallest absolute Gasteiger partial charge is 0.416 e. The first-order valence-electron chi connectivity index (χ1n) is 7.12. The predicted molar refractivity (Wildman–Crippen MR) is 84.8 cm³/mol. The lowest BCUT2D eigenvalue weighted by Gasteiger charge is -2.16. The van der Waals surface area contributed by atoms with Gasteiger partial charge in [0.05, 0.1) is 5.56 Å². The van der Waals surface area contributed by atoms with Gasteiger partial charge in [-0.05, 0) is 42.8 Å². The van der Waals surface area contributed by atoms with E-state index in [4.69, 9.17) is 16.3 Å². The van der Waals surface area contributed by atoms with E-state index >= 15 is 0 Å². The van der Waals surface area contributed by atoms with Gasteiger partial charge in [0.15, 0.2) is 6.10 Å². The highest BCUT2D eigenvalue weighted by Gasteiger charge is 2.30. The van der Waals surface area contributed by atoms with E-state index in [-0.39, 0.29) is 12.3 Å². The van der Waals surface area contributed by atoms with Gasteiger partial charge in [0.2, 0.25) is 0 Å². The van der Waals surface area contributed by atoms with Crippen LogP contribution in [0.4, 0.5) is 13.2 Å². The second-order valence-electron chi connectivity index (χ2n) is 5.13. The van der Waals surface area contributed by atoms with E-state index in [0.717, 1.165) is 17.7 Å². The van der Waals surface area contributed by atoms with Gasteiger partial charge in [0.1, 0.15) is 5.75 Å². The minimum absolute atomic E-state index is 0.0148. The van der Waals surface area contributed by atoms with Gasteiger partial charge in [0, 0.05) is 11.6 Å². The van der Waals surface area contributed by atoms with Gasteiger partial charge in [0.25, 0.3) is 5.91 Å². The Hall–Kier alpha value is -2.21. The van der Waals surface area contributed by atoms with Crippen molar-refractivity contribution in [1.29, 1.82) is 0 Å². The summed E-state index contributed by atoms with van der Waals surface area (Å²) in [4.78, 5) is 12.0. The molecule has 2 rings (SSSR count). The van der Waals surface area contributed by atoms with Crippen LogP contribution in [0.25, 0.3) is 0 Å². The molecule has 24 heavy (non-hydrogen) atoms. The molecule has 2 aromatic carbocycles. The van der Waals surface area contributed by atoms with E-state index < -0.39 is 23.8 Å². The van der Waals surface area contributed by atoms with Crippen LogP contribution in [-0.4, -0.2) is 12.0 Å². The van der Waals surface area contributed by atoms with Crippen LogP contribution in [0.3, 0.4) is 0 Å². The number of benzene rings is 2. The summed E-state index contributed by atoms with van der Waals surface area (Å²) in [7, 11) is 0. The molecule has 0 radical (unpaired) electrons. The fourth-order valence-electron chi connectivity index (χ4n) is 1.94. The minimum Gasteiger partial charge on any atom is -0.481 e. The van der Waals surface area contributed by atoms with Crippen molar-refractivity contribution in [1.82, 2.24) is 5.32 Å². The van der Waals surface area contributed by atoms with Gasteiger partial charge in [-0.15, -0.1) is 0 Å². The van der Waals surface area contributed by atoms with E-state index in [1.807, 2.05) is 0 Å². The number of amides is 1. The summed E-state index contributed by atoms with van der Waals surface area (Å²) >= 11 is 5.77. The highest BCUT2D eigenvalue weighted by Crippen LogP contribution is 2.31. The van der Waals surface area contributed by atoms with Crippen LogP contribution >= 0.6 is 11.6 Å². The molecule has 1 N–H and O–H groups in total. The number of nitrogens with one attached hydrogen (secondary N) is 1. The van der Waals surface area contributed by atoms with Crippen LogP contribution in [0.5, 0.6) is 5.75 Å². The molecule has 0 aliphatic rings. The van der Waals surface area contributed by atoms with Gasteiger partial charge in [-0.25, -0.2) is 0 Å². The number of halogens is 4. The van der Waals surface area contributed by atoms with Crippen LogP contribution in [0.2, 0.25) is 5.02 Å². The Kier molecular flexibility index (Phi) is 5.72. The highest BCUT2D eigenvalue weighted by molar-refractivity contribution is 6.30. The zero-order chi connectivity index (χ0) is 17.7. The number of hydrogen-bond donors (Lipinski definition) is 1. The standard InChI is InChI=1S/C17H15ClF3NO2/c1-11(16(23)22-10-12-5-7-14(18)8-6-12)24-15-4-2-3-13(9-15)17(19,20)21/h2-9,11H,10H2,1H3,(H,22,23). The second-order valence-corrected chi connectivity index (χ2v) is 5.57. The monoisotopic (exact) mass is 357 g/mol. The third kappa shape index (κ3) is 5.16. The number of hydrogen-bond acceptors (Lipinski definition) is 2. The zero-order valence-electron chi connectivity index (χ0n) is 12.7. The van der Waals surface area contributed by atoms with Crippen molar-refractivity contribution in [2.24, 2.45) is 0 Å². The van der Waals surface area contributed by atoms with Crippen molar-refractivity contribution in [3.05, 3.63) is 64.7 Å². The highest BCUT2D eigenvalue weighted by atomic mass is 35.5. The minimum atomic E-state index is -4.46. The molecular weight excluding hydrogens is 343 g/mol. The molecular formula is C17H15ClF3NO2. The number of rotatable bonds is 5. The third-order valence-electron chi connectivity index (χ3n) is 3.22. The average Bonchev–Trinajstić information content (AvgIpc) is 2.53. The SMILES string of the molecule is CC(Oc1cccc(C(F)(F)F)c1)C(=O)NCc1ccc(Cl)cc1. The van der Waals surface area contributed by atoms with E-state index in [9.17, 15) is 18.0 Å². The molecule has 7 heteroatoms. The van der Waals surface area contributed by atoms with E-state index in [1.165, 1.54) is 19.1 Å². The Morgan fingerprint density at radius 2 is 1.88 bits per heavy atom. The lowest BCUT2D eigenvalue weighted by Crippen LogP contribution is -2.35. The number of carbonyl (C=O) groups excluding carboxylic acids is 1. The van der Waals surface area contributed by atoms with Crippen LogP contribution in [0.1, 0.15) is 18.1 Å². The molecule has 0 aliphatic carbocycles. The van der Waals surface area contributed by atoms with Crippen LogP contribution in [0.15, 0.2) is 48.5 Å². The van der Waals surface area contributed by atoms with Crippen LogP contribution in [-0.2, 0) is 17.5 Å². The maximum atomic E-state index is 12.7. The maximum absolute atomic E-state index is 12.7. The first kappa shape index (κ1) is 18.1. The van der Waals surface area contributed by atoms with Gasteiger partial charge >= 0.3 is 6.18 Å². The van der Waals surface area contributed by atoms with E-state index in [2.05, 4.69) is 5.32 Å². The molecule has 0 aliphatic heterocycles. The molecule has 0 bridgehead atoms. The molecule has 1 amide bonds. The van der Waals surface area contributed by atoms with Crippen molar-refractivity contribution in [2.75, 3.05) is 0 Å². The van der Waals surface area contributed by atoms with Crippen molar-refractivity contribution in [2.45, 2.75) is 25.7 Å². The van der Waals surface area contributed by atoms with Crippen LogP contribution < -0.4 is 10.1 Å². The summed E-state index contributed by atoms with van der Waals surface area (Å²) < 4.78 is 43.3. The van der Waals surface area contributed by atoms with Crippen molar-refractivity contribution in [3.63, 3.8) is 0 Å². The molecule has 2 aromatic rings. The van der Waals surface area contributed by atoms with Crippen LogP contribution in [0, 0.1) is 0 Å². The summed E-state index contributed by atoms with van der Waals surface area (Å²) in [6.07, 6.45) is -5.39. The lowest BCUT2D eigenvalue weighted by molar-refractivity contribution is -0.137. The summed E-state index contributed by atoms with van der Waals surface area (Å²) in [5.74, 6) is -0.443. The summed E-state index contributed by atoms with van der Waals surface area (Å²) in [6, 6.07) is 11.3. The number of carbonyl (C=O) groups is 1. The average molecular weight is 358 g/mol. The lowest BCUT2D eigenvalue weighted by atomic mass is 10.2. The Balaban J connectivity index is 1.93. The van der Waals surface area contributed by atoms with Gasteiger partial charge < -0.3 is 10.1 Å². The normalized spacial score (nSPS) is 12.5. The quantitative estimate of drug-likeness (QED) is 0.859. The van der Waals surface area contributed by atoms with Gasteiger partial charge in [-0.1, -0.05) is 29.8 Å². The summed E-state index contributed by atoms with van der Waals surface area (Å²) in [6.45, 7) is 1.74. The fraction of sp³-hybridized carbons (Fsp3) is 0.235. The number of alkyl halides is 3. The maximum Gasteiger partial charge on any atom is 0.416 e. The van der Waals surface area contributed by atoms with Crippen molar-refractivity contribution < 1.29 is 22.7 Å². The Morgan fingerprint density at radius 1 is 1.21 bits per heavy atom. The first-order valence-corrected chi connectivity index (χ1v) is 7.49. The molecule has 128 valence electrons. The zero-order valence-corrected chi connectivity index (χ0v) is 13.5. The Labute approximate surface area is 142 Å². The summed E-state index contributed by atoms with van der Waals surface area (Å²) in [5.41, 5.74) is 0.0211. The molecule has 1 unspecified atom stereocenters. The predicted octanol–water partition coefficient (Wildman–Crippen LogP) is 4.44. The molecule has 0 fully saturated rings. The van der Waals surface area contributed by atoms with Crippen molar-refractivity contribution in [3.8, 4) is 5.75 Å². The summed E-state index contributed by atoms with van der Waals surface area (Å²) in [5, 5.41) is 3.24. The number of ether oxygens (including phenoxy) is 1. The molecule has 0 saturated carbocycles. The Morgan fingerprint density at radius 3 is 2.50 bits per heavy atom. The second kappa shape index (κ2) is 7.57. The van der Waals surface area contributed by atoms with Gasteiger partial charge in [-0.2, -0.15) is 13.2 Å². The largest absolute Gasteiger partial charge is 0.481 e. The van der Waals surface area contributed by atoms with E-state index in [1.54, 1.807) is 24.3 Å². The first-order chi connectivity index (χ1) is 11.3. The van der Waals surface area contributed by atoms with E-state index in [0.29, 0.717) is 5.02 Å². The molecule has 1 atom stereocenters. The molecule has 0 aromatic heterocycles. The molecule has 0 spiro atoms. The fourth-order valence-corrected chi connectivity index (χ4v) is 2.06. The van der Waals surface area contributed by atoms with Gasteiger partial charge in [-0.3, -0.25) is 4.79 Å². The molecule has 0 heterocycles. The third-order valence-corrected chi connectivity index (χ3v) is 3.48. The Bertz CT molecular complexity index is 702. The molecule has 0 saturated heterocycles. The topological polar surface area (TPSA) is 38.3 Å². The molecule has 3 nitrogen and oxygen atoms in total.